The second kappa shape index (κ2) is 8.31. The first-order valence-corrected chi connectivity index (χ1v) is 11.6. The standard InChI is InChI=1S/C25H29N7/c1-2-7-22-20(6-1)12-27-13-23(22)24-17-32(30-29-24)16-21-15-31-14-19(8-9-25(31)28-21)11-26-10-18-4-3-5-18/h1-2,6-9,13-15,17-18,25-28H,3-5,10-12,16H2. The SMILES string of the molecule is C1=CC2NC(Cn3cc(C4=CNCc5ccccc54)nn3)=CN2C=C1CNCC1CCC1. The molecule has 0 spiro atoms. The number of benzene rings is 1. The molecule has 6 rings (SSSR count). The van der Waals surface area contributed by atoms with E-state index in [0.29, 0.717) is 6.54 Å². The average Bonchev–Trinajstić information content (AvgIpc) is 3.41. The zero-order valence-corrected chi connectivity index (χ0v) is 18.2. The number of rotatable bonds is 7. The van der Waals surface area contributed by atoms with E-state index in [9.17, 15) is 0 Å². The highest BCUT2D eigenvalue weighted by Gasteiger charge is 2.24. The van der Waals surface area contributed by atoms with Crippen molar-refractivity contribution < 1.29 is 0 Å². The van der Waals surface area contributed by atoms with E-state index in [1.807, 2.05) is 17.1 Å². The van der Waals surface area contributed by atoms with Crippen LogP contribution in [0.15, 0.2) is 72.5 Å². The quantitative estimate of drug-likeness (QED) is 0.631. The molecule has 4 heterocycles. The molecule has 0 bridgehead atoms. The Morgan fingerprint density at radius 1 is 1.16 bits per heavy atom. The van der Waals surface area contributed by atoms with Crippen molar-refractivity contribution in [2.24, 2.45) is 5.92 Å². The van der Waals surface area contributed by atoms with Gasteiger partial charge in [-0.3, -0.25) is 0 Å². The number of hydrogen-bond donors (Lipinski definition) is 3. The second-order valence-electron chi connectivity index (χ2n) is 9.08. The second-order valence-corrected chi connectivity index (χ2v) is 9.08. The van der Waals surface area contributed by atoms with Gasteiger partial charge in [0.05, 0.1) is 18.4 Å². The molecule has 32 heavy (non-hydrogen) atoms. The van der Waals surface area contributed by atoms with Gasteiger partial charge in [0, 0.05) is 37.3 Å². The molecule has 1 fully saturated rings. The van der Waals surface area contributed by atoms with Crippen molar-refractivity contribution in [2.45, 2.75) is 38.5 Å². The number of nitrogens with zero attached hydrogens (tertiary/aromatic N) is 4. The largest absolute Gasteiger partial charge is 0.386 e. The van der Waals surface area contributed by atoms with Gasteiger partial charge in [0.2, 0.25) is 0 Å². The normalized spacial score (nSPS) is 21.6. The Hall–Kier alpha value is -3.32. The van der Waals surface area contributed by atoms with E-state index >= 15 is 0 Å². The van der Waals surface area contributed by atoms with Gasteiger partial charge < -0.3 is 20.9 Å². The smallest absolute Gasteiger partial charge is 0.122 e. The van der Waals surface area contributed by atoms with Crippen LogP contribution in [0.1, 0.15) is 36.1 Å². The fraction of sp³-hybridized carbons (Fsp3) is 0.360. The minimum absolute atomic E-state index is 0.181. The molecule has 164 valence electrons. The summed E-state index contributed by atoms with van der Waals surface area (Å²) >= 11 is 0. The van der Waals surface area contributed by atoms with Gasteiger partial charge in [-0.15, -0.1) is 5.10 Å². The molecular formula is C25H29N7. The fourth-order valence-electron chi connectivity index (χ4n) is 4.75. The van der Waals surface area contributed by atoms with Gasteiger partial charge in [0.25, 0.3) is 0 Å². The zero-order valence-electron chi connectivity index (χ0n) is 18.2. The molecule has 0 saturated heterocycles. The lowest BCUT2D eigenvalue weighted by atomic mass is 9.85. The molecule has 4 aliphatic rings. The van der Waals surface area contributed by atoms with Crippen LogP contribution in [0.4, 0.5) is 0 Å². The van der Waals surface area contributed by atoms with Gasteiger partial charge >= 0.3 is 0 Å². The number of nitrogens with one attached hydrogen (secondary N) is 3. The maximum Gasteiger partial charge on any atom is 0.122 e. The van der Waals surface area contributed by atoms with Gasteiger partial charge in [-0.2, -0.15) is 0 Å². The molecule has 1 aliphatic carbocycles. The number of aromatic nitrogens is 3. The highest BCUT2D eigenvalue weighted by molar-refractivity contribution is 5.80. The van der Waals surface area contributed by atoms with E-state index in [2.05, 4.69) is 80.0 Å². The van der Waals surface area contributed by atoms with Crippen LogP contribution in [0.3, 0.4) is 0 Å². The summed E-state index contributed by atoms with van der Waals surface area (Å²) in [6.45, 7) is 3.58. The first-order chi connectivity index (χ1) is 15.8. The molecule has 1 unspecified atom stereocenters. The van der Waals surface area contributed by atoms with Gasteiger partial charge in [-0.1, -0.05) is 42.0 Å². The summed E-state index contributed by atoms with van der Waals surface area (Å²) in [7, 11) is 0. The van der Waals surface area contributed by atoms with E-state index in [4.69, 9.17) is 0 Å². The van der Waals surface area contributed by atoms with Crippen molar-refractivity contribution in [1.29, 1.82) is 0 Å². The van der Waals surface area contributed by atoms with Gasteiger partial charge in [0.1, 0.15) is 11.9 Å². The van der Waals surface area contributed by atoms with Crippen LogP contribution in [-0.4, -0.2) is 39.1 Å². The third kappa shape index (κ3) is 3.84. The summed E-state index contributed by atoms with van der Waals surface area (Å²) < 4.78 is 1.90. The molecule has 2 aromatic rings. The van der Waals surface area contributed by atoms with Crippen molar-refractivity contribution >= 4 is 5.57 Å². The third-order valence-electron chi connectivity index (χ3n) is 6.75. The van der Waals surface area contributed by atoms with Crippen LogP contribution in [0, 0.1) is 5.92 Å². The predicted molar refractivity (Wildman–Crippen MR) is 125 cm³/mol. The van der Waals surface area contributed by atoms with E-state index in [1.54, 1.807) is 0 Å². The van der Waals surface area contributed by atoms with Crippen LogP contribution >= 0.6 is 0 Å². The highest BCUT2D eigenvalue weighted by atomic mass is 15.4. The Balaban J connectivity index is 1.10. The third-order valence-corrected chi connectivity index (χ3v) is 6.75. The Morgan fingerprint density at radius 3 is 3.00 bits per heavy atom. The maximum atomic E-state index is 4.45. The first-order valence-electron chi connectivity index (χ1n) is 11.6. The molecule has 1 atom stereocenters. The van der Waals surface area contributed by atoms with Crippen molar-refractivity contribution in [3.8, 4) is 0 Å². The fourth-order valence-corrected chi connectivity index (χ4v) is 4.75. The van der Waals surface area contributed by atoms with E-state index in [-0.39, 0.29) is 6.17 Å². The zero-order chi connectivity index (χ0) is 21.3. The van der Waals surface area contributed by atoms with Crippen molar-refractivity contribution in [3.63, 3.8) is 0 Å². The predicted octanol–water partition coefficient (Wildman–Crippen LogP) is 2.69. The summed E-state index contributed by atoms with van der Waals surface area (Å²) in [5, 5.41) is 19.4. The van der Waals surface area contributed by atoms with Crippen LogP contribution in [0.2, 0.25) is 0 Å². The number of hydrogen-bond acceptors (Lipinski definition) is 6. The lowest BCUT2D eigenvalue weighted by Gasteiger charge is -2.27. The van der Waals surface area contributed by atoms with Crippen molar-refractivity contribution in [3.05, 3.63) is 89.3 Å². The van der Waals surface area contributed by atoms with Crippen LogP contribution in [0.5, 0.6) is 0 Å². The van der Waals surface area contributed by atoms with E-state index in [0.717, 1.165) is 42.5 Å². The lowest BCUT2D eigenvalue weighted by molar-refractivity contribution is 0.305. The number of fused-ring (bicyclic) bond motifs is 2. The Morgan fingerprint density at radius 2 is 2.09 bits per heavy atom. The molecule has 7 heteroatoms. The van der Waals surface area contributed by atoms with Gasteiger partial charge in [-0.05, 0) is 48.1 Å². The average molecular weight is 428 g/mol. The van der Waals surface area contributed by atoms with E-state index < -0.39 is 0 Å². The summed E-state index contributed by atoms with van der Waals surface area (Å²) in [4.78, 5) is 2.25. The monoisotopic (exact) mass is 427 g/mol. The van der Waals surface area contributed by atoms with E-state index in [1.165, 1.54) is 36.0 Å². The Bertz CT molecular complexity index is 1120. The van der Waals surface area contributed by atoms with Gasteiger partial charge in [-0.25, -0.2) is 4.68 Å². The topological polar surface area (TPSA) is 70.0 Å². The molecule has 1 aromatic carbocycles. The van der Waals surface area contributed by atoms with Gasteiger partial charge in [0.15, 0.2) is 0 Å². The highest BCUT2D eigenvalue weighted by Crippen LogP contribution is 2.28. The molecule has 1 saturated carbocycles. The minimum Gasteiger partial charge on any atom is -0.386 e. The molecule has 3 aliphatic heterocycles. The summed E-state index contributed by atoms with van der Waals surface area (Å²) in [5.41, 5.74) is 6.94. The molecular weight excluding hydrogens is 398 g/mol. The Kier molecular flexibility index (Phi) is 5.03. The van der Waals surface area contributed by atoms with Crippen molar-refractivity contribution in [1.82, 2.24) is 35.8 Å². The first kappa shape index (κ1) is 19.4. The summed E-state index contributed by atoms with van der Waals surface area (Å²) in [6.07, 6.45) is 17.3. The number of allylic oxidation sites excluding steroid dienone is 1. The lowest BCUT2D eigenvalue weighted by Crippen LogP contribution is -2.35. The molecule has 7 nitrogen and oxygen atoms in total. The molecule has 1 aromatic heterocycles. The molecule has 0 amide bonds. The maximum absolute atomic E-state index is 4.45. The van der Waals surface area contributed by atoms with Crippen LogP contribution in [0.25, 0.3) is 5.57 Å². The summed E-state index contributed by atoms with van der Waals surface area (Å²) in [6, 6.07) is 8.45. The molecule has 3 N–H and O–H groups in total. The van der Waals surface area contributed by atoms with Crippen molar-refractivity contribution in [2.75, 3.05) is 13.1 Å². The Labute approximate surface area is 188 Å². The molecule has 0 radical (unpaired) electrons. The summed E-state index contributed by atoms with van der Waals surface area (Å²) in [5.74, 6) is 0.886. The van der Waals surface area contributed by atoms with Crippen LogP contribution < -0.4 is 16.0 Å². The minimum atomic E-state index is 0.181. The van der Waals surface area contributed by atoms with Crippen LogP contribution in [-0.2, 0) is 13.1 Å².